The standard InChI is InChI=1S/C20H21ClFN3O3/c1-14(20(27)25-11-8-15-4-2-3-9-23-15)7-10-24-19(26)13-28-16-5-6-17(21)18(22)12-16/h2-6,9,12H,1,7-8,10-11,13H2,(H,24,26)(H,25,27). The van der Waals surface area contributed by atoms with Crippen LogP contribution in [0.3, 0.4) is 0 Å². The highest BCUT2D eigenvalue weighted by Crippen LogP contribution is 2.20. The molecule has 0 saturated heterocycles. The van der Waals surface area contributed by atoms with Gasteiger partial charge >= 0.3 is 0 Å². The SMILES string of the molecule is C=C(CCNC(=O)COc1ccc(Cl)c(F)c1)C(=O)NCCc1ccccn1. The van der Waals surface area contributed by atoms with E-state index < -0.39 is 11.7 Å². The summed E-state index contributed by atoms with van der Waals surface area (Å²) in [7, 11) is 0. The number of aromatic nitrogens is 1. The first-order valence-electron chi connectivity index (χ1n) is 8.66. The number of nitrogens with one attached hydrogen (secondary N) is 2. The molecule has 6 nitrogen and oxygen atoms in total. The second kappa shape index (κ2) is 11.0. The van der Waals surface area contributed by atoms with Gasteiger partial charge in [0.25, 0.3) is 5.91 Å². The summed E-state index contributed by atoms with van der Waals surface area (Å²) in [5.74, 6) is -1.07. The van der Waals surface area contributed by atoms with Crippen LogP contribution in [0.15, 0.2) is 54.7 Å². The number of hydrogen-bond acceptors (Lipinski definition) is 4. The summed E-state index contributed by atoms with van der Waals surface area (Å²) in [5, 5.41) is 5.36. The molecule has 2 aromatic rings. The Bertz CT molecular complexity index is 831. The van der Waals surface area contributed by atoms with Gasteiger partial charge in [-0.05, 0) is 30.7 Å². The fourth-order valence-corrected chi connectivity index (χ4v) is 2.33. The number of carbonyl (C=O) groups is 2. The highest BCUT2D eigenvalue weighted by atomic mass is 35.5. The van der Waals surface area contributed by atoms with E-state index in [-0.39, 0.29) is 29.8 Å². The first-order chi connectivity index (χ1) is 13.5. The van der Waals surface area contributed by atoms with Gasteiger partial charge in [-0.15, -0.1) is 0 Å². The number of rotatable bonds is 10. The zero-order valence-electron chi connectivity index (χ0n) is 15.2. The summed E-state index contributed by atoms with van der Waals surface area (Å²) in [6.07, 6.45) is 2.63. The summed E-state index contributed by atoms with van der Waals surface area (Å²) < 4.78 is 18.5. The summed E-state index contributed by atoms with van der Waals surface area (Å²) >= 11 is 5.58. The number of pyridine rings is 1. The molecule has 0 saturated carbocycles. The molecule has 2 rings (SSSR count). The number of nitrogens with zero attached hydrogens (tertiary/aromatic N) is 1. The van der Waals surface area contributed by atoms with Crippen LogP contribution in [0, 0.1) is 5.82 Å². The molecule has 0 atom stereocenters. The highest BCUT2D eigenvalue weighted by Gasteiger charge is 2.09. The Morgan fingerprint density at radius 2 is 2.00 bits per heavy atom. The summed E-state index contributed by atoms with van der Waals surface area (Å²) in [6, 6.07) is 9.52. The quantitative estimate of drug-likeness (QED) is 0.595. The minimum Gasteiger partial charge on any atom is -0.484 e. The molecule has 0 bridgehead atoms. The van der Waals surface area contributed by atoms with Crippen molar-refractivity contribution in [2.45, 2.75) is 12.8 Å². The number of carbonyl (C=O) groups excluding carboxylic acids is 2. The lowest BCUT2D eigenvalue weighted by Gasteiger charge is -2.10. The number of amides is 2. The van der Waals surface area contributed by atoms with Crippen LogP contribution in [0.4, 0.5) is 4.39 Å². The number of ether oxygens (including phenoxy) is 1. The first-order valence-corrected chi connectivity index (χ1v) is 9.04. The maximum Gasteiger partial charge on any atom is 0.257 e. The van der Waals surface area contributed by atoms with Gasteiger partial charge in [0.1, 0.15) is 11.6 Å². The number of halogens is 2. The fourth-order valence-electron chi connectivity index (χ4n) is 2.21. The second-order valence-electron chi connectivity index (χ2n) is 5.90. The number of benzene rings is 1. The van der Waals surface area contributed by atoms with Gasteiger partial charge in [0.2, 0.25) is 5.91 Å². The maximum atomic E-state index is 13.3. The van der Waals surface area contributed by atoms with Crippen molar-refractivity contribution < 1.29 is 18.7 Å². The highest BCUT2D eigenvalue weighted by molar-refractivity contribution is 6.30. The molecule has 0 radical (unpaired) electrons. The van der Waals surface area contributed by atoms with Crippen molar-refractivity contribution in [3.63, 3.8) is 0 Å². The maximum absolute atomic E-state index is 13.3. The Morgan fingerprint density at radius 1 is 1.18 bits per heavy atom. The van der Waals surface area contributed by atoms with E-state index >= 15 is 0 Å². The lowest BCUT2D eigenvalue weighted by atomic mass is 10.2. The molecule has 2 N–H and O–H groups in total. The molecule has 28 heavy (non-hydrogen) atoms. The smallest absolute Gasteiger partial charge is 0.257 e. The van der Waals surface area contributed by atoms with Gasteiger partial charge in [-0.25, -0.2) is 4.39 Å². The van der Waals surface area contributed by atoms with Crippen LogP contribution in [-0.2, 0) is 16.0 Å². The molecular formula is C20H21ClFN3O3. The average Bonchev–Trinajstić information content (AvgIpc) is 2.69. The molecule has 0 fully saturated rings. The average molecular weight is 406 g/mol. The van der Waals surface area contributed by atoms with Crippen LogP contribution in [-0.4, -0.2) is 36.5 Å². The zero-order valence-corrected chi connectivity index (χ0v) is 16.0. The van der Waals surface area contributed by atoms with Crippen molar-refractivity contribution in [1.29, 1.82) is 0 Å². The third-order valence-corrected chi connectivity index (χ3v) is 4.03. The van der Waals surface area contributed by atoms with Crippen LogP contribution in [0.2, 0.25) is 5.02 Å². The Kier molecular flexibility index (Phi) is 8.42. The Hall–Kier alpha value is -2.93. The molecule has 1 heterocycles. The van der Waals surface area contributed by atoms with Crippen LogP contribution < -0.4 is 15.4 Å². The molecule has 1 aromatic carbocycles. The third kappa shape index (κ3) is 7.36. The lowest BCUT2D eigenvalue weighted by molar-refractivity contribution is -0.123. The minimum atomic E-state index is -0.620. The third-order valence-electron chi connectivity index (χ3n) is 3.72. The van der Waals surface area contributed by atoms with Crippen molar-refractivity contribution >= 4 is 23.4 Å². The summed E-state index contributed by atoms with van der Waals surface area (Å²) in [5.41, 5.74) is 1.25. The van der Waals surface area contributed by atoms with E-state index in [9.17, 15) is 14.0 Å². The van der Waals surface area contributed by atoms with Crippen molar-refractivity contribution in [3.8, 4) is 5.75 Å². The van der Waals surface area contributed by atoms with Crippen molar-refractivity contribution in [3.05, 3.63) is 71.3 Å². The monoisotopic (exact) mass is 405 g/mol. The van der Waals surface area contributed by atoms with Gasteiger partial charge < -0.3 is 15.4 Å². The fraction of sp³-hybridized carbons (Fsp3) is 0.250. The van der Waals surface area contributed by atoms with Crippen molar-refractivity contribution in [2.24, 2.45) is 0 Å². The van der Waals surface area contributed by atoms with Crippen LogP contribution in [0.1, 0.15) is 12.1 Å². The van der Waals surface area contributed by atoms with E-state index in [1.807, 2.05) is 18.2 Å². The van der Waals surface area contributed by atoms with E-state index in [2.05, 4.69) is 22.2 Å². The van der Waals surface area contributed by atoms with Gasteiger partial charge in [-0.3, -0.25) is 14.6 Å². The van der Waals surface area contributed by atoms with Gasteiger partial charge in [-0.1, -0.05) is 24.2 Å². The van der Waals surface area contributed by atoms with Gasteiger partial charge in [0, 0.05) is 43.0 Å². The molecule has 148 valence electrons. The van der Waals surface area contributed by atoms with E-state index in [1.165, 1.54) is 12.1 Å². The molecule has 8 heteroatoms. The molecule has 0 aliphatic rings. The molecular weight excluding hydrogens is 385 g/mol. The second-order valence-corrected chi connectivity index (χ2v) is 6.30. The Labute approximate surface area is 167 Å². The van der Waals surface area contributed by atoms with Crippen molar-refractivity contribution in [1.82, 2.24) is 15.6 Å². The molecule has 0 unspecified atom stereocenters. The molecule has 2 amide bonds. The van der Waals surface area contributed by atoms with E-state index in [1.54, 1.807) is 6.20 Å². The molecule has 0 aliphatic carbocycles. The van der Waals surface area contributed by atoms with Crippen LogP contribution >= 0.6 is 11.6 Å². The largest absolute Gasteiger partial charge is 0.484 e. The minimum absolute atomic E-state index is 0.0198. The predicted molar refractivity (Wildman–Crippen MR) is 105 cm³/mol. The normalized spacial score (nSPS) is 10.2. The van der Waals surface area contributed by atoms with E-state index in [0.29, 0.717) is 25.0 Å². The van der Waals surface area contributed by atoms with Gasteiger partial charge in [0.15, 0.2) is 6.61 Å². The lowest BCUT2D eigenvalue weighted by Crippen LogP contribution is -2.32. The van der Waals surface area contributed by atoms with Crippen molar-refractivity contribution in [2.75, 3.05) is 19.7 Å². The zero-order chi connectivity index (χ0) is 20.4. The number of hydrogen-bond donors (Lipinski definition) is 2. The van der Waals surface area contributed by atoms with E-state index in [0.717, 1.165) is 11.8 Å². The predicted octanol–water partition coefficient (Wildman–Crippen LogP) is 2.67. The first kappa shape index (κ1) is 21.4. The topological polar surface area (TPSA) is 80.3 Å². The molecule has 0 spiro atoms. The van der Waals surface area contributed by atoms with E-state index in [4.69, 9.17) is 16.3 Å². The van der Waals surface area contributed by atoms with Crippen LogP contribution in [0.25, 0.3) is 0 Å². The summed E-state index contributed by atoms with van der Waals surface area (Å²) in [6.45, 7) is 4.14. The van der Waals surface area contributed by atoms with Gasteiger partial charge in [-0.2, -0.15) is 0 Å². The van der Waals surface area contributed by atoms with Crippen LogP contribution in [0.5, 0.6) is 5.75 Å². The Balaban J connectivity index is 1.60. The Morgan fingerprint density at radius 3 is 2.71 bits per heavy atom. The molecule has 1 aromatic heterocycles. The van der Waals surface area contributed by atoms with Gasteiger partial charge in [0.05, 0.1) is 5.02 Å². The summed E-state index contributed by atoms with van der Waals surface area (Å²) in [4.78, 5) is 27.9. The molecule has 0 aliphatic heterocycles.